The number of carbonyl (C=O) groups excluding carboxylic acids is 1. The van der Waals surface area contributed by atoms with Gasteiger partial charge >= 0.3 is 5.97 Å². The molecule has 0 radical (unpaired) electrons. The number of amides is 1. The molecule has 2 aliphatic heterocycles. The van der Waals surface area contributed by atoms with Crippen LogP contribution in [0.2, 0.25) is 0 Å². The molecule has 142 valence electrons. The number of piperidine rings is 1. The second-order valence-electron chi connectivity index (χ2n) is 8.51. The zero-order chi connectivity index (χ0) is 18.5. The molecule has 1 amide bonds. The first kappa shape index (κ1) is 17.6. The smallest absolute Gasteiger partial charge is 0.320 e. The number of carbonyl (C=O) groups is 2. The fourth-order valence-corrected chi connectivity index (χ4v) is 4.63. The van der Waals surface area contributed by atoms with Gasteiger partial charge in [0.25, 0.3) is 0 Å². The number of hydrogen-bond donors (Lipinski definition) is 1. The van der Waals surface area contributed by atoms with Gasteiger partial charge in [-0.05, 0) is 63.0 Å². The molecule has 6 nitrogen and oxygen atoms in total. The lowest BCUT2D eigenvalue weighted by atomic mass is 9.76. The third-order valence-corrected chi connectivity index (χ3v) is 6.53. The predicted octanol–water partition coefficient (Wildman–Crippen LogP) is 2.57. The van der Waals surface area contributed by atoms with Gasteiger partial charge in [0.05, 0.1) is 6.54 Å². The van der Waals surface area contributed by atoms with Crippen LogP contribution >= 0.6 is 0 Å². The van der Waals surface area contributed by atoms with Crippen LogP contribution in [-0.4, -0.2) is 52.5 Å². The first-order valence-corrected chi connectivity index (χ1v) is 9.68. The molecule has 1 aromatic heterocycles. The molecule has 6 heteroatoms. The van der Waals surface area contributed by atoms with Gasteiger partial charge in [0.15, 0.2) is 0 Å². The number of likely N-dealkylation sites (tertiary alicyclic amines) is 2. The van der Waals surface area contributed by atoms with E-state index in [1.807, 2.05) is 24.8 Å². The lowest BCUT2D eigenvalue weighted by Gasteiger charge is -2.39. The van der Waals surface area contributed by atoms with E-state index in [-0.39, 0.29) is 11.3 Å². The predicted molar refractivity (Wildman–Crippen MR) is 95.6 cm³/mol. The van der Waals surface area contributed by atoms with Crippen molar-refractivity contribution in [2.75, 3.05) is 19.6 Å². The molecule has 0 aromatic carbocycles. The number of aliphatic carboxylic acids is 1. The number of carboxylic acids is 1. The van der Waals surface area contributed by atoms with E-state index in [9.17, 15) is 14.7 Å². The summed E-state index contributed by atoms with van der Waals surface area (Å²) in [5, 5.41) is 9.72. The molecule has 3 heterocycles. The summed E-state index contributed by atoms with van der Waals surface area (Å²) in [5.41, 5.74) is 1.12. The van der Waals surface area contributed by atoms with Crippen LogP contribution in [0.15, 0.2) is 10.5 Å². The molecule has 26 heavy (non-hydrogen) atoms. The quantitative estimate of drug-likeness (QED) is 0.893. The second-order valence-corrected chi connectivity index (χ2v) is 8.51. The van der Waals surface area contributed by atoms with Crippen LogP contribution in [-0.2, 0) is 16.1 Å². The third kappa shape index (κ3) is 3.27. The Morgan fingerprint density at radius 1 is 1.27 bits per heavy atom. The number of nitrogens with zero attached hydrogens (tertiary/aromatic N) is 2. The maximum atomic E-state index is 12.3. The highest BCUT2D eigenvalue weighted by Crippen LogP contribution is 2.45. The lowest BCUT2D eigenvalue weighted by molar-refractivity contribution is -0.142. The molecule has 0 bridgehead atoms. The number of carboxylic acid groups (broad SMARTS) is 1. The Kier molecular flexibility index (Phi) is 4.34. The van der Waals surface area contributed by atoms with Crippen LogP contribution in [0.1, 0.15) is 49.2 Å². The van der Waals surface area contributed by atoms with Crippen LogP contribution in [0.5, 0.6) is 0 Å². The molecule has 4 rings (SSSR count). The van der Waals surface area contributed by atoms with Crippen molar-refractivity contribution in [2.45, 2.75) is 58.5 Å². The fourth-order valence-electron chi connectivity index (χ4n) is 4.63. The Bertz CT molecular complexity index is 694. The average Bonchev–Trinajstić information content (AvgIpc) is 3.32. The molecule has 1 aliphatic carbocycles. The highest BCUT2D eigenvalue weighted by Gasteiger charge is 2.49. The highest BCUT2D eigenvalue weighted by molar-refractivity contribution is 5.81. The topological polar surface area (TPSA) is 74.0 Å². The summed E-state index contributed by atoms with van der Waals surface area (Å²) in [6.07, 6.45) is 4.56. The Morgan fingerprint density at radius 2 is 1.96 bits per heavy atom. The Balaban J connectivity index is 1.43. The van der Waals surface area contributed by atoms with Crippen molar-refractivity contribution in [3.63, 3.8) is 0 Å². The minimum atomic E-state index is -0.752. The van der Waals surface area contributed by atoms with Crippen molar-refractivity contribution in [3.05, 3.63) is 23.2 Å². The fraction of sp³-hybridized carbons (Fsp3) is 0.700. The number of furan rings is 1. The summed E-state index contributed by atoms with van der Waals surface area (Å²) in [6, 6.07) is 1.54. The van der Waals surface area contributed by atoms with Crippen molar-refractivity contribution < 1.29 is 19.1 Å². The summed E-state index contributed by atoms with van der Waals surface area (Å²) in [7, 11) is 0. The largest absolute Gasteiger partial charge is 0.480 e. The van der Waals surface area contributed by atoms with Crippen LogP contribution in [0.25, 0.3) is 0 Å². The summed E-state index contributed by atoms with van der Waals surface area (Å²) < 4.78 is 5.77. The van der Waals surface area contributed by atoms with Gasteiger partial charge in [-0.15, -0.1) is 0 Å². The Morgan fingerprint density at radius 3 is 2.50 bits per heavy atom. The van der Waals surface area contributed by atoms with Gasteiger partial charge in [-0.2, -0.15) is 0 Å². The van der Waals surface area contributed by atoms with Crippen LogP contribution < -0.4 is 0 Å². The first-order chi connectivity index (χ1) is 12.4. The van der Waals surface area contributed by atoms with Crippen LogP contribution in [0, 0.1) is 25.2 Å². The highest BCUT2D eigenvalue weighted by atomic mass is 16.4. The monoisotopic (exact) mass is 360 g/mol. The normalized spacial score (nSPS) is 25.8. The molecule has 1 N–H and O–H groups in total. The maximum absolute atomic E-state index is 12.3. The number of hydrogen-bond acceptors (Lipinski definition) is 4. The van der Waals surface area contributed by atoms with Gasteiger partial charge in [-0.3, -0.25) is 14.5 Å². The summed E-state index contributed by atoms with van der Waals surface area (Å²) in [5.74, 6) is 1.56. The minimum absolute atomic E-state index is 0.0140. The molecule has 3 fully saturated rings. The van der Waals surface area contributed by atoms with Crippen LogP contribution in [0.4, 0.5) is 0 Å². The average molecular weight is 360 g/mol. The Hall–Kier alpha value is -1.82. The SMILES string of the molecule is Cc1cc(CN2CC3(CCN(C(=O)C4CC4)CC3)CC2C(=O)O)oc1C. The van der Waals surface area contributed by atoms with E-state index in [0.29, 0.717) is 18.9 Å². The summed E-state index contributed by atoms with van der Waals surface area (Å²) >= 11 is 0. The molecular weight excluding hydrogens is 332 g/mol. The molecule has 2 saturated heterocycles. The van der Waals surface area contributed by atoms with Crippen molar-refractivity contribution in [2.24, 2.45) is 11.3 Å². The van der Waals surface area contributed by atoms with Gasteiger partial charge in [0.1, 0.15) is 17.6 Å². The van der Waals surface area contributed by atoms with E-state index < -0.39 is 12.0 Å². The molecule has 1 atom stereocenters. The van der Waals surface area contributed by atoms with Crippen LogP contribution in [0.3, 0.4) is 0 Å². The Labute approximate surface area is 154 Å². The van der Waals surface area contributed by atoms with E-state index in [2.05, 4.69) is 4.90 Å². The second kappa shape index (κ2) is 6.41. The van der Waals surface area contributed by atoms with Gasteiger partial charge in [-0.1, -0.05) is 0 Å². The summed E-state index contributed by atoms with van der Waals surface area (Å²) in [4.78, 5) is 28.2. The summed E-state index contributed by atoms with van der Waals surface area (Å²) in [6.45, 7) is 6.80. The van der Waals surface area contributed by atoms with E-state index in [4.69, 9.17) is 4.42 Å². The van der Waals surface area contributed by atoms with Crippen molar-refractivity contribution >= 4 is 11.9 Å². The zero-order valence-electron chi connectivity index (χ0n) is 15.7. The van der Waals surface area contributed by atoms with Crippen molar-refractivity contribution in [3.8, 4) is 0 Å². The number of rotatable bonds is 4. The van der Waals surface area contributed by atoms with Gasteiger partial charge < -0.3 is 14.4 Å². The molecule has 1 spiro atoms. The van der Waals surface area contributed by atoms with Gasteiger partial charge in [0.2, 0.25) is 5.91 Å². The third-order valence-electron chi connectivity index (χ3n) is 6.53. The van der Waals surface area contributed by atoms with E-state index in [1.165, 1.54) is 0 Å². The molecule has 1 unspecified atom stereocenters. The van der Waals surface area contributed by atoms with Gasteiger partial charge in [-0.25, -0.2) is 0 Å². The van der Waals surface area contributed by atoms with Crippen molar-refractivity contribution in [1.82, 2.24) is 9.80 Å². The molecule has 1 aromatic rings. The minimum Gasteiger partial charge on any atom is -0.480 e. The van der Waals surface area contributed by atoms with Crippen molar-refractivity contribution in [1.29, 1.82) is 0 Å². The van der Waals surface area contributed by atoms with E-state index in [0.717, 1.165) is 62.4 Å². The maximum Gasteiger partial charge on any atom is 0.320 e. The van der Waals surface area contributed by atoms with E-state index >= 15 is 0 Å². The first-order valence-electron chi connectivity index (χ1n) is 9.68. The standard InChI is InChI=1S/C20H28N2O4/c1-13-9-16(26-14(13)2)11-22-12-20(10-17(22)19(24)25)5-7-21(8-6-20)18(23)15-3-4-15/h9,15,17H,3-8,10-12H2,1-2H3,(H,24,25). The molecule has 3 aliphatic rings. The zero-order valence-corrected chi connectivity index (χ0v) is 15.7. The van der Waals surface area contributed by atoms with Gasteiger partial charge in [0, 0.05) is 25.6 Å². The molecular formula is C20H28N2O4. The number of aryl methyl sites for hydroxylation is 2. The van der Waals surface area contributed by atoms with E-state index in [1.54, 1.807) is 0 Å². The lowest BCUT2D eigenvalue weighted by Crippen LogP contribution is -2.44. The molecule has 1 saturated carbocycles.